The van der Waals surface area contributed by atoms with Crippen LogP contribution in [0.25, 0.3) is 5.57 Å². The van der Waals surface area contributed by atoms with Crippen LogP contribution in [0.3, 0.4) is 0 Å². The lowest BCUT2D eigenvalue weighted by atomic mass is 10.1. The predicted octanol–water partition coefficient (Wildman–Crippen LogP) is -0.924. The van der Waals surface area contributed by atoms with Gasteiger partial charge in [0.25, 0.3) is 11.5 Å². The van der Waals surface area contributed by atoms with E-state index in [9.17, 15) is 9.59 Å². The van der Waals surface area contributed by atoms with E-state index in [2.05, 4.69) is 5.43 Å². The van der Waals surface area contributed by atoms with E-state index in [1.54, 1.807) is 11.9 Å². The highest BCUT2D eigenvalue weighted by molar-refractivity contribution is 7.80. The summed E-state index contributed by atoms with van der Waals surface area (Å²) in [6.45, 7) is 0. The van der Waals surface area contributed by atoms with Crippen LogP contribution in [0.5, 0.6) is 0 Å². The van der Waals surface area contributed by atoms with Gasteiger partial charge in [-0.3, -0.25) is 15.0 Å². The van der Waals surface area contributed by atoms with Crippen molar-refractivity contribution in [3.8, 4) is 0 Å². The molecule has 8 nitrogen and oxygen atoms in total. The number of anilines is 1. The second kappa shape index (κ2) is 5.40. The lowest BCUT2D eigenvalue weighted by molar-refractivity contribution is -0.112. The molecule has 3 aliphatic heterocycles. The third-order valence-electron chi connectivity index (χ3n) is 5.27. The number of aromatic nitrogens is 1. The van der Waals surface area contributed by atoms with Gasteiger partial charge >= 0.3 is 0 Å². The van der Waals surface area contributed by atoms with Gasteiger partial charge in [0.15, 0.2) is 17.4 Å². The summed E-state index contributed by atoms with van der Waals surface area (Å²) in [6.07, 6.45) is -0.443. The van der Waals surface area contributed by atoms with Gasteiger partial charge in [-0.25, -0.2) is 4.99 Å². The van der Waals surface area contributed by atoms with Crippen molar-refractivity contribution in [3.63, 3.8) is 0 Å². The molecule has 10 heteroatoms. The number of carbonyl (C=O) groups is 1. The Morgan fingerprint density at radius 3 is 2.67 bits per heavy atom. The van der Waals surface area contributed by atoms with Crippen LogP contribution in [0, 0.1) is 0 Å². The van der Waals surface area contributed by atoms with Crippen LogP contribution in [-0.2, 0) is 4.79 Å². The van der Waals surface area contributed by atoms with E-state index in [4.69, 9.17) is 17.2 Å². The SMILES string of the molecule is CN1C(=O)/C(=c2\sc3n(c2=O)NC2C(N=3)N(C)C(=S)N2C)c2ccccc21. The average Bonchev–Trinajstić information content (AvgIpc) is 3.20. The van der Waals surface area contributed by atoms with Crippen molar-refractivity contribution in [3.05, 3.63) is 49.5 Å². The average molecular weight is 400 g/mol. The Labute approximate surface area is 163 Å². The number of nitrogens with zero attached hydrogens (tertiary/aromatic N) is 5. The zero-order valence-corrected chi connectivity index (χ0v) is 16.5. The maximum absolute atomic E-state index is 13.1. The Morgan fingerprint density at radius 1 is 1.15 bits per heavy atom. The molecule has 1 aromatic carbocycles. The van der Waals surface area contributed by atoms with Crippen LogP contribution in [0.2, 0.25) is 0 Å². The molecule has 2 atom stereocenters. The first-order valence-electron chi connectivity index (χ1n) is 8.38. The van der Waals surface area contributed by atoms with Crippen molar-refractivity contribution in [2.75, 3.05) is 31.5 Å². The first kappa shape index (κ1) is 16.5. The first-order valence-corrected chi connectivity index (χ1v) is 9.60. The van der Waals surface area contributed by atoms with Gasteiger partial charge in [0.05, 0.1) is 11.3 Å². The lowest BCUT2D eigenvalue weighted by Gasteiger charge is -2.27. The summed E-state index contributed by atoms with van der Waals surface area (Å²) in [4.78, 5) is 36.6. The van der Waals surface area contributed by atoms with E-state index in [-0.39, 0.29) is 23.8 Å². The zero-order valence-electron chi connectivity index (χ0n) is 14.8. The predicted molar refractivity (Wildman–Crippen MR) is 107 cm³/mol. The number of benzene rings is 1. The Morgan fingerprint density at radius 2 is 1.89 bits per heavy atom. The second-order valence-corrected chi connectivity index (χ2v) is 8.07. The number of fused-ring (bicyclic) bond motifs is 3. The second-order valence-electron chi connectivity index (χ2n) is 6.73. The third-order valence-corrected chi connectivity index (χ3v) is 6.90. The third kappa shape index (κ3) is 2.02. The van der Waals surface area contributed by atoms with Crippen LogP contribution < -0.4 is 25.2 Å². The molecule has 1 fully saturated rings. The van der Waals surface area contributed by atoms with Crippen molar-refractivity contribution >= 4 is 45.8 Å². The quantitative estimate of drug-likeness (QED) is 0.577. The van der Waals surface area contributed by atoms with Gasteiger partial charge in [0.1, 0.15) is 4.53 Å². The van der Waals surface area contributed by atoms with Crippen molar-refractivity contribution in [1.29, 1.82) is 0 Å². The highest BCUT2D eigenvalue weighted by atomic mass is 32.1. The topological polar surface area (TPSA) is 73.2 Å². The molecule has 0 aliphatic carbocycles. The molecule has 0 saturated carbocycles. The fourth-order valence-corrected chi connectivity index (χ4v) is 5.03. The maximum atomic E-state index is 13.1. The minimum absolute atomic E-state index is 0.178. The molecule has 1 aromatic heterocycles. The van der Waals surface area contributed by atoms with Gasteiger partial charge in [-0.2, -0.15) is 4.68 Å². The van der Waals surface area contributed by atoms with E-state index in [1.165, 1.54) is 16.0 Å². The minimum Gasteiger partial charge on any atom is -0.327 e. The summed E-state index contributed by atoms with van der Waals surface area (Å²) < 4.78 is 1.83. The molecule has 2 aromatic rings. The molecule has 4 heterocycles. The number of hydrogen-bond donors (Lipinski definition) is 1. The normalized spacial score (nSPS) is 25.2. The summed E-state index contributed by atoms with van der Waals surface area (Å²) in [7, 11) is 5.48. The Balaban J connectivity index is 1.77. The standard InChI is InChI=1S/C17H16N6O2S2/c1-20-9-7-5-4-6-8(9)10(14(20)24)11-15(25)23-16(27-11)18-12-13(19-23)22(3)17(26)21(12)2/h4-7,12-13,19H,1-3H3/b11-10-. The van der Waals surface area contributed by atoms with Crippen LogP contribution in [0.4, 0.5) is 5.69 Å². The Hall–Kier alpha value is -2.72. The Bertz CT molecular complexity index is 1200. The molecule has 5 rings (SSSR count). The van der Waals surface area contributed by atoms with Gasteiger partial charge in [0.2, 0.25) is 4.80 Å². The summed E-state index contributed by atoms with van der Waals surface area (Å²) in [5.74, 6) is -0.178. The molecule has 0 bridgehead atoms. The van der Waals surface area contributed by atoms with Crippen molar-refractivity contribution in [2.24, 2.45) is 4.99 Å². The first-order chi connectivity index (χ1) is 12.9. The molecule has 0 radical (unpaired) electrons. The maximum Gasteiger partial charge on any atom is 0.289 e. The van der Waals surface area contributed by atoms with Gasteiger partial charge in [-0.05, 0) is 18.3 Å². The highest BCUT2D eigenvalue weighted by Crippen LogP contribution is 2.33. The number of rotatable bonds is 0. The van der Waals surface area contributed by atoms with Crippen LogP contribution in [0.15, 0.2) is 34.1 Å². The number of thiocarbonyl (C=S) groups is 1. The number of likely N-dealkylation sites (N-methyl/N-ethyl adjacent to an activating group) is 3. The molecule has 0 spiro atoms. The number of thiazole rings is 1. The fourth-order valence-electron chi connectivity index (χ4n) is 3.76. The molecule has 1 saturated heterocycles. The minimum atomic E-state index is -0.264. The van der Waals surface area contributed by atoms with Gasteiger partial charge in [-0.15, -0.1) is 0 Å². The largest absolute Gasteiger partial charge is 0.327 e. The number of hydrogen-bond acceptors (Lipinski definition) is 6. The van der Waals surface area contributed by atoms with Crippen molar-refractivity contribution in [1.82, 2.24) is 14.5 Å². The van der Waals surface area contributed by atoms with E-state index < -0.39 is 0 Å². The fraction of sp³-hybridized carbons (Fsp3) is 0.294. The number of carbonyl (C=O) groups excluding carboxylic acids is 1. The van der Waals surface area contributed by atoms with Gasteiger partial charge < -0.3 is 14.7 Å². The van der Waals surface area contributed by atoms with Crippen LogP contribution >= 0.6 is 23.6 Å². The lowest BCUT2D eigenvalue weighted by Crippen LogP contribution is -2.54. The van der Waals surface area contributed by atoms with Crippen molar-refractivity contribution in [2.45, 2.75) is 12.3 Å². The summed E-state index contributed by atoms with van der Waals surface area (Å²) in [6, 6.07) is 7.50. The van der Waals surface area contributed by atoms with E-state index in [0.717, 1.165) is 11.3 Å². The smallest absolute Gasteiger partial charge is 0.289 e. The van der Waals surface area contributed by atoms with Crippen LogP contribution in [0.1, 0.15) is 5.56 Å². The molecule has 1 amide bonds. The monoisotopic (exact) mass is 400 g/mol. The van der Waals surface area contributed by atoms with Crippen molar-refractivity contribution < 1.29 is 4.79 Å². The molecular weight excluding hydrogens is 384 g/mol. The van der Waals surface area contributed by atoms with E-state index in [1.807, 2.05) is 48.2 Å². The molecule has 138 valence electrons. The van der Waals surface area contributed by atoms with Crippen LogP contribution in [-0.4, -0.2) is 59.0 Å². The van der Waals surface area contributed by atoms with E-state index in [0.29, 0.717) is 20.0 Å². The number of para-hydroxylation sites is 1. The van der Waals surface area contributed by atoms with E-state index >= 15 is 0 Å². The highest BCUT2D eigenvalue weighted by Gasteiger charge is 2.42. The Kier molecular flexibility index (Phi) is 3.29. The summed E-state index contributed by atoms with van der Waals surface area (Å²) in [5.41, 5.74) is 4.96. The molecule has 3 aliphatic rings. The summed E-state index contributed by atoms with van der Waals surface area (Å²) >= 11 is 6.63. The molecule has 2 unspecified atom stereocenters. The van der Waals surface area contributed by atoms with Gasteiger partial charge in [-0.1, -0.05) is 29.5 Å². The number of amides is 1. The zero-order chi connectivity index (χ0) is 19.0. The number of nitrogens with one attached hydrogen (secondary N) is 1. The molecule has 27 heavy (non-hydrogen) atoms. The molecular formula is C17H16N6O2S2. The molecule has 1 N–H and O–H groups in total. The summed E-state index contributed by atoms with van der Waals surface area (Å²) in [5, 5.41) is 0.667. The van der Waals surface area contributed by atoms with Gasteiger partial charge in [0, 0.05) is 26.7 Å².